The largest absolute Gasteiger partial charge is 0.469 e. The number of ether oxygens (including phenoxy) is 1. The Morgan fingerprint density at radius 1 is 1.57 bits per heavy atom. The molecule has 4 heteroatoms. The predicted molar refractivity (Wildman–Crippen MR) is 55.0 cm³/mol. The number of nitrogens with one attached hydrogen (secondary N) is 1. The van der Waals surface area contributed by atoms with Crippen molar-refractivity contribution in [1.82, 2.24) is 5.32 Å². The third-order valence-corrected chi connectivity index (χ3v) is 1.96. The van der Waals surface area contributed by atoms with Gasteiger partial charge in [0.25, 0.3) is 0 Å². The third kappa shape index (κ3) is 8.01. The van der Waals surface area contributed by atoms with Gasteiger partial charge in [-0.3, -0.25) is 4.79 Å². The van der Waals surface area contributed by atoms with Crippen LogP contribution >= 0.6 is 0 Å². The van der Waals surface area contributed by atoms with Gasteiger partial charge in [0.15, 0.2) is 0 Å². The fourth-order valence-corrected chi connectivity index (χ4v) is 1.16. The van der Waals surface area contributed by atoms with E-state index in [4.69, 9.17) is 0 Å². The van der Waals surface area contributed by atoms with Gasteiger partial charge < -0.3 is 15.2 Å². The standard InChI is InChI=1S/C10H21NO3/c1-3-5-9(12)8-11-7-4-6-10(13)14-2/h9,11-12H,3-8H2,1-2H3. The van der Waals surface area contributed by atoms with Gasteiger partial charge in [0.2, 0.25) is 0 Å². The number of aliphatic hydroxyl groups is 1. The summed E-state index contributed by atoms with van der Waals surface area (Å²) in [4.78, 5) is 10.7. The lowest BCUT2D eigenvalue weighted by molar-refractivity contribution is -0.140. The van der Waals surface area contributed by atoms with Crippen LogP contribution < -0.4 is 5.32 Å². The molecule has 0 fully saturated rings. The Morgan fingerprint density at radius 3 is 2.86 bits per heavy atom. The normalized spacial score (nSPS) is 12.5. The lowest BCUT2D eigenvalue weighted by Crippen LogP contribution is -2.27. The van der Waals surface area contributed by atoms with E-state index in [0.29, 0.717) is 13.0 Å². The van der Waals surface area contributed by atoms with E-state index in [1.807, 2.05) is 6.92 Å². The summed E-state index contributed by atoms with van der Waals surface area (Å²) in [6.45, 7) is 3.39. The molecule has 0 aromatic heterocycles. The van der Waals surface area contributed by atoms with Crippen LogP contribution in [0.3, 0.4) is 0 Å². The number of aliphatic hydroxyl groups excluding tert-OH is 1. The number of carbonyl (C=O) groups excluding carboxylic acids is 1. The highest BCUT2D eigenvalue weighted by atomic mass is 16.5. The van der Waals surface area contributed by atoms with Gasteiger partial charge in [0, 0.05) is 13.0 Å². The molecule has 0 saturated heterocycles. The van der Waals surface area contributed by atoms with E-state index in [2.05, 4.69) is 10.1 Å². The van der Waals surface area contributed by atoms with Crippen LogP contribution in [0.5, 0.6) is 0 Å². The summed E-state index contributed by atoms with van der Waals surface area (Å²) in [6.07, 6.45) is 2.74. The average molecular weight is 203 g/mol. The van der Waals surface area contributed by atoms with Gasteiger partial charge in [0.05, 0.1) is 13.2 Å². The SMILES string of the molecule is CCCC(O)CNCCCC(=O)OC. The molecule has 0 aliphatic heterocycles. The summed E-state index contributed by atoms with van der Waals surface area (Å²) in [5.41, 5.74) is 0. The predicted octanol–water partition coefficient (Wildman–Crippen LogP) is 0.690. The van der Waals surface area contributed by atoms with Crippen molar-refractivity contribution in [1.29, 1.82) is 0 Å². The van der Waals surface area contributed by atoms with E-state index >= 15 is 0 Å². The van der Waals surface area contributed by atoms with Crippen LogP contribution in [0.1, 0.15) is 32.6 Å². The summed E-state index contributed by atoms with van der Waals surface area (Å²) in [6, 6.07) is 0. The van der Waals surface area contributed by atoms with Gasteiger partial charge in [-0.25, -0.2) is 0 Å². The lowest BCUT2D eigenvalue weighted by atomic mass is 10.2. The molecule has 2 N–H and O–H groups in total. The van der Waals surface area contributed by atoms with E-state index < -0.39 is 0 Å². The number of methoxy groups -OCH3 is 1. The molecule has 0 aliphatic rings. The molecular formula is C10H21NO3. The molecule has 0 bridgehead atoms. The van der Waals surface area contributed by atoms with E-state index in [1.54, 1.807) is 0 Å². The summed E-state index contributed by atoms with van der Waals surface area (Å²) in [5, 5.41) is 12.4. The Kier molecular flexibility index (Phi) is 8.57. The monoisotopic (exact) mass is 203 g/mol. The van der Waals surface area contributed by atoms with Crippen molar-refractivity contribution >= 4 is 5.97 Å². The van der Waals surface area contributed by atoms with Crippen LogP contribution in [0.15, 0.2) is 0 Å². The average Bonchev–Trinajstić information content (AvgIpc) is 2.17. The van der Waals surface area contributed by atoms with Gasteiger partial charge >= 0.3 is 5.97 Å². The molecule has 1 atom stereocenters. The van der Waals surface area contributed by atoms with E-state index in [-0.39, 0.29) is 12.1 Å². The van der Waals surface area contributed by atoms with Crippen LogP contribution in [0.2, 0.25) is 0 Å². The van der Waals surface area contributed by atoms with Gasteiger partial charge in [-0.05, 0) is 19.4 Å². The van der Waals surface area contributed by atoms with Gasteiger partial charge in [-0.2, -0.15) is 0 Å². The summed E-state index contributed by atoms with van der Waals surface area (Å²) in [7, 11) is 1.39. The third-order valence-electron chi connectivity index (χ3n) is 1.96. The Morgan fingerprint density at radius 2 is 2.29 bits per heavy atom. The quantitative estimate of drug-likeness (QED) is 0.450. The number of esters is 1. The van der Waals surface area contributed by atoms with Crippen molar-refractivity contribution in [2.45, 2.75) is 38.7 Å². The molecule has 0 aliphatic carbocycles. The zero-order chi connectivity index (χ0) is 10.8. The number of carbonyl (C=O) groups is 1. The summed E-state index contributed by atoms with van der Waals surface area (Å²) < 4.78 is 4.50. The molecule has 0 rings (SSSR count). The van der Waals surface area contributed by atoms with Crippen LogP contribution in [-0.4, -0.2) is 37.4 Å². The minimum Gasteiger partial charge on any atom is -0.469 e. The Hall–Kier alpha value is -0.610. The number of hydrogen-bond acceptors (Lipinski definition) is 4. The molecule has 0 saturated carbocycles. The molecule has 0 aromatic rings. The second-order valence-corrected chi connectivity index (χ2v) is 3.33. The fraction of sp³-hybridized carbons (Fsp3) is 0.900. The maximum atomic E-state index is 10.7. The zero-order valence-corrected chi connectivity index (χ0v) is 9.08. The van der Waals surface area contributed by atoms with Crippen molar-refractivity contribution in [3.05, 3.63) is 0 Å². The molecule has 84 valence electrons. The maximum absolute atomic E-state index is 10.7. The minimum absolute atomic E-state index is 0.180. The highest BCUT2D eigenvalue weighted by Gasteiger charge is 2.02. The topological polar surface area (TPSA) is 58.6 Å². The molecule has 0 radical (unpaired) electrons. The summed E-state index contributed by atoms with van der Waals surface area (Å²) in [5.74, 6) is -0.180. The van der Waals surface area contributed by atoms with Crippen LogP contribution in [0.25, 0.3) is 0 Å². The molecule has 1 unspecified atom stereocenters. The highest BCUT2D eigenvalue weighted by Crippen LogP contribution is 1.94. The molecule has 0 aromatic carbocycles. The van der Waals surface area contributed by atoms with Crippen molar-refractivity contribution in [3.8, 4) is 0 Å². The van der Waals surface area contributed by atoms with Gasteiger partial charge in [-0.15, -0.1) is 0 Å². The van der Waals surface area contributed by atoms with Crippen molar-refractivity contribution in [2.75, 3.05) is 20.2 Å². The van der Waals surface area contributed by atoms with Crippen molar-refractivity contribution in [3.63, 3.8) is 0 Å². The van der Waals surface area contributed by atoms with Gasteiger partial charge in [0.1, 0.15) is 0 Å². The lowest BCUT2D eigenvalue weighted by Gasteiger charge is -2.09. The minimum atomic E-state index is -0.266. The number of rotatable bonds is 8. The highest BCUT2D eigenvalue weighted by molar-refractivity contribution is 5.68. The molecule has 14 heavy (non-hydrogen) atoms. The molecule has 0 spiro atoms. The first-order valence-corrected chi connectivity index (χ1v) is 5.16. The Bertz CT molecular complexity index is 150. The fourth-order valence-electron chi connectivity index (χ4n) is 1.16. The van der Waals surface area contributed by atoms with E-state index in [1.165, 1.54) is 7.11 Å². The zero-order valence-electron chi connectivity index (χ0n) is 9.08. The first-order chi connectivity index (χ1) is 6.70. The first-order valence-electron chi connectivity index (χ1n) is 5.16. The van der Waals surface area contributed by atoms with Crippen LogP contribution in [0.4, 0.5) is 0 Å². The molecule has 0 amide bonds. The Balaban J connectivity index is 3.17. The van der Waals surface area contributed by atoms with Crippen LogP contribution in [0, 0.1) is 0 Å². The number of hydrogen-bond donors (Lipinski definition) is 2. The second-order valence-electron chi connectivity index (χ2n) is 3.33. The van der Waals surface area contributed by atoms with E-state index in [9.17, 15) is 9.90 Å². The first kappa shape index (κ1) is 13.4. The smallest absolute Gasteiger partial charge is 0.305 e. The summed E-state index contributed by atoms with van der Waals surface area (Å²) >= 11 is 0. The molecule has 0 heterocycles. The maximum Gasteiger partial charge on any atom is 0.305 e. The Labute approximate surface area is 85.6 Å². The molecular weight excluding hydrogens is 182 g/mol. The van der Waals surface area contributed by atoms with Crippen molar-refractivity contribution < 1.29 is 14.6 Å². The van der Waals surface area contributed by atoms with Crippen LogP contribution in [-0.2, 0) is 9.53 Å². The molecule has 4 nitrogen and oxygen atoms in total. The second kappa shape index (κ2) is 8.97. The van der Waals surface area contributed by atoms with E-state index in [0.717, 1.165) is 25.8 Å². The van der Waals surface area contributed by atoms with Gasteiger partial charge in [-0.1, -0.05) is 13.3 Å². The van der Waals surface area contributed by atoms with Crippen molar-refractivity contribution in [2.24, 2.45) is 0 Å².